The van der Waals surface area contributed by atoms with E-state index in [4.69, 9.17) is 11.6 Å². The SMILES string of the molecule is CC(C)CNC(=O)c1ccccc1NC(=O)CCNS(=O)(=O)c1cccc(Cl)c1. The molecule has 7 nitrogen and oxygen atoms in total. The third-order valence-electron chi connectivity index (χ3n) is 3.87. The van der Waals surface area contributed by atoms with E-state index in [1.807, 2.05) is 13.8 Å². The van der Waals surface area contributed by atoms with Crippen LogP contribution in [0.15, 0.2) is 53.4 Å². The van der Waals surface area contributed by atoms with Crippen LogP contribution < -0.4 is 15.4 Å². The molecule has 0 radical (unpaired) electrons. The summed E-state index contributed by atoms with van der Waals surface area (Å²) in [4.78, 5) is 24.6. The van der Waals surface area contributed by atoms with Gasteiger partial charge in [-0.1, -0.05) is 43.6 Å². The first-order valence-corrected chi connectivity index (χ1v) is 11.0. The van der Waals surface area contributed by atoms with Gasteiger partial charge in [-0.05, 0) is 36.2 Å². The molecule has 0 aromatic heterocycles. The van der Waals surface area contributed by atoms with Gasteiger partial charge < -0.3 is 10.6 Å². The molecule has 2 aromatic carbocycles. The molecule has 9 heteroatoms. The van der Waals surface area contributed by atoms with E-state index in [1.54, 1.807) is 30.3 Å². The van der Waals surface area contributed by atoms with Gasteiger partial charge >= 0.3 is 0 Å². The van der Waals surface area contributed by atoms with Crippen LogP contribution in [-0.4, -0.2) is 33.3 Å². The van der Waals surface area contributed by atoms with Crippen LogP contribution in [-0.2, 0) is 14.8 Å². The second kappa shape index (κ2) is 10.4. The van der Waals surface area contributed by atoms with Gasteiger partial charge in [-0.15, -0.1) is 0 Å². The number of rotatable bonds is 9. The molecule has 0 bridgehead atoms. The van der Waals surface area contributed by atoms with Gasteiger partial charge in [0.05, 0.1) is 16.1 Å². The molecule has 0 fully saturated rings. The summed E-state index contributed by atoms with van der Waals surface area (Å²) in [6.07, 6.45) is -0.0955. The number of sulfonamides is 1. The summed E-state index contributed by atoms with van der Waals surface area (Å²) in [6, 6.07) is 12.5. The van der Waals surface area contributed by atoms with E-state index in [0.29, 0.717) is 28.7 Å². The Morgan fingerprint density at radius 1 is 1.07 bits per heavy atom. The molecule has 29 heavy (non-hydrogen) atoms. The van der Waals surface area contributed by atoms with Gasteiger partial charge in [0.1, 0.15) is 0 Å². The number of hydrogen-bond acceptors (Lipinski definition) is 4. The van der Waals surface area contributed by atoms with E-state index >= 15 is 0 Å². The maximum atomic E-state index is 12.3. The van der Waals surface area contributed by atoms with Crippen molar-refractivity contribution in [2.75, 3.05) is 18.4 Å². The molecular weight excluding hydrogens is 414 g/mol. The number of para-hydroxylation sites is 1. The quantitative estimate of drug-likeness (QED) is 0.560. The van der Waals surface area contributed by atoms with Gasteiger partial charge in [-0.3, -0.25) is 9.59 Å². The number of carbonyl (C=O) groups is 2. The van der Waals surface area contributed by atoms with Crippen LogP contribution in [0.5, 0.6) is 0 Å². The van der Waals surface area contributed by atoms with E-state index in [9.17, 15) is 18.0 Å². The Morgan fingerprint density at radius 3 is 2.48 bits per heavy atom. The molecule has 0 heterocycles. The summed E-state index contributed by atoms with van der Waals surface area (Å²) in [5, 5.41) is 5.77. The number of anilines is 1. The maximum absolute atomic E-state index is 12.3. The first kappa shape index (κ1) is 22.9. The van der Waals surface area contributed by atoms with E-state index in [2.05, 4.69) is 15.4 Å². The molecule has 0 atom stereocenters. The third kappa shape index (κ3) is 7.16. The summed E-state index contributed by atoms with van der Waals surface area (Å²) < 4.78 is 26.8. The van der Waals surface area contributed by atoms with Crippen molar-refractivity contribution >= 4 is 39.1 Å². The van der Waals surface area contributed by atoms with E-state index < -0.39 is 15.9 Å². The molecule has 3 N–H and O–H groups in total. The first-order chi connectivity index (χ1) is 13.7. The minimum Gasteiger partial charge on any atom is -0.352 e. The predicted octanol–water partition coefficient (Wildman–Crippen LogP) is 3.03. The lowest BCUT2D eigenvalue weighted by Gasteiger charge is -2.13. The zero-order valence-corrected chi connectivity index (χ0v) is 17.8. The molecule has 0 aliphatic heterocycles. The minimum atomic E-state index is -3.77. The van der Waals surface area contributed by atoms with Crippen molar-refractivity contribution in [1.29, 1.82) is 0 Å². The molecule has 0 saturated heterocycles. The second-order valence-corrected chi connectivity index (χ2v) is 9.01. The topological polar surface area (TPSA) is 104 Å². The Balaban J connectivity index is 1.94. The molecule has 2 aromatic rings. The number of amides is 2. The summed E-state index contributed by atoms with van der Waals surface area (Å²) in [5.41, 5.74) is 0.720. The fourth-order valence-electron chi connectivity index (χ4n) is 2.41. The van der Waals surface area contributed by atoms with Crippen molar-refractivity contribution < 1.29 is 18.0 Å². The molecule has 0 aliphatic rings. The largest absolute Gasteiger partial charge is 0.352 e. The lowest BCUT2D eigenvalue weighted by Crippen LogP contribution is -2.29. The average Bonchev–Trinajstić information content (AvgIpc) is 2.66. The van der Waals surface area contributed by atoms with Crippen molar-refractivity contribution in [3.63, 3.8) is 0 Å². The number of nitrogens with one attached hydrogen (secondary N) is 3. The van der Waals surface area contributed by atoms with Crippen LogP contribution in [0.3, 0.4) is 0 Å². The number of carbonyl (C=O) groups excluding carboxylic acids is 2. The van der Waals surface area contributed by atoms with Gasteiger partial charge in [-0.2, -0.15) is 0 Å². The maximum Gasteiger partial charge on any atom is 0.253 e. The lowest BCUT2D eigenvalue weighted by molar-refractivity contribution is -0.116. The zero-order chi connectivity index (χ0) is 21.4. The Labute approximate surface area is 175 Å². The fraction of sp³-hybridized carbons (Fsp3) is 0.300. The molecule has 2 rings (SSSR count). The van der Waals surface area contributed by atoms with Crippen LogP contribution >= 0.6 is 11.6 Å². The Kier molecular flexibility index (Phi) is 8.19. The highest BCUT2D eigenvalue weighted by Crippen LogP contribution is 2.16. The highest BCUT2D eigenvalue weighted by atomic mass is 35.5. The highest BCUT2D eigenvalue weighted by Gasteiger charge is 2.16. The monoisotopic (exact) mass is 437 g/mol. The molecule has 0 saturated carbocycles. The zero-order valence-electron chi connectivity index (χ0n) is 16.2. The van der Waals surface area contributed by atoms with Crippen LogP contribution in [0.4, 0.5) is 5.69 Å². The molecule has 0 aliphatic carbocycles. The summed E-state index contributed by atoms with van der Waals surface area (Å²) in [6.45, 7) is 4.39. The van der Waals surface area contributed by atoms with Crippen molar-refractivity contribution in [3.8, 4) is 0 Å². The van der Waals surface area contributed by atoms with Crippen LogP contribution in [0.1, 0.15) is 30.6 Å². The fourth-order valence-corrected chi connectivity index (χ4v) is 3.74. The average molecular weight is 438 g/mol. The molecule has 156 valence electrons. The van der Waals surface area contributed by atoms with Gasteiger partial charge in [0.2, 0.25) is 15.9 Å². The normalized spacial score (nSPS) is 11.3. The Morgan fingerprint density at radius 2 is 1.79 bits per heavy atom. The van der Waals surface area contributed by atoms with E-state index in [1.165, 1.54) is 18.2 Å². The van der Waals surface area contributed by atoms with Crippen molar-refractivity contribution in [2.24, 2.45) is 5.92 Å². The molecule has 0 spiro atoms. The van der Waals surface area contributed by atoms with Crippen molar-refractivity contribution in [2.45, 2.75) is 25.2 Å². The summed E-state index contributed by atoms with van der Waals surface area (Å²) >= 11 is 5.82. The van der Waals surface area contributed by atoms with E-state index in [0.717, 1.165) is 0 Å². The molecule has 0 unspecified atom stereocenters. The van der Waals surface area contributed by atoms with E-state index in [-0.39, 0.29) is 23.8 Å². The van der Waals surface area contributed by atoms with Crippen molar-refractivity contribution in [3.05, 3.63) is 59.1 Å². The minimum absolute atomic E-state index is 0.0255. The predicted molar refractivity (Wildman–Crippen MR) is 114 cm³/mol. The molecule has 2 amide bonds. The standard InChI is InChI=1S/C20H24ClN3O4S/c1-14(2)13-22-20(26)17-8-3-4-9-18(17)24-19(25)10-11-23-29(27,28)16-7-5-6-15(21)12-16/h3-9,12,14,23H,10-11,13H2,1-2H3,(H,22,26)(H,24,25). The van der Waals surface area contributed by atoms with Gasteiger partial charge in [0, 0.05) is 24.5 Å². The summed E-state index contributed by atoms with van der Waals surface area (Å²) in [7, 11) is -3.77. The third-order valence-corrected chi connectivity index (χ3v) is 5.56. The molecular formula is C20H24ClN3O4S. The van der Waals surface area contributed by atoms with Crippen LogP contribution in [0, 0.1) is 5.92 Å². The van der Waals surface area contributed by atoms with Gasteiger partial charge in [-0.25, -0.2) is 13.1 Å². The van der Waals surface area contributed by atoms with Crippen LogP contribution in [0.25, 0.3) is 0 Å². The summed E-state index contributed by atoms with van der Waals surface area (Å²) in [5.74, 6) is -0.396. The highest BCUT2D eigenvalue weighted by molar-refractivity contribution is 7.89. The number of benzene rings is 2. The lowest BCUT2D eigenvalue weighted by atomic mass is 10.1. The second-order valence-electron chi connectivity index (χ2n) is 6.80. The van der Waals surface area contributed by atoms with Crippen molar-refractivity contribution in [1.82, 2.24) is 10.0 Å². The van der Waals surface area contributed by atoms with Crippen LogP contribution in [0.2, 0.25) is 5.02 Å². The van der Waals surface area contributed by atoms with Gasteiger partial charge in [0.25, 0.3) is 5.91 Å². The Bertz CT molecular complexity index is 977. The number of hydrogen-bond donors (Lipinski definition) is 3. The Hall–Kier alpha value is -2.42. The number of halogens is 1. The van der Waals surface area contributed by atoms with Gasteiger partial charge in [0.15, 0.2) is 0 Å². The first-order valence-electron chi connectivity index (χ1n) is 9.11. The smallest absolute Gasteiger partial charge is 0.253 e.